The van der Waals surface area contributed by atoms with E-state index in [0.29, 0.717) is 0 Å². The van der Waals surface area contributed by atoms with E-state index in [9.17, 15) is 0 Å². The third-order valence-corrected chi connectivity index (χ3v) is 7.35. The zero-order valence-corrected chi connectivity index (χ0v) is 25.6. The molecule has 0 aliphatic carbocycles. The van der Waals surface area contributed by atoms with E-state index in [1.165, 1.54) is 65.2 Å². The molecule has 0 atom stereocenters. The molecule has 37 heavy (non-hydrogen) atoms. The maximum Gasteiger partial charge on any atom is 4.00 e. The Morgan fingerprint density at radius 1 is 0.459 bits per heavy atom. The van der Waals surface area contributed by atoms with Crippen molar-refractivity contribution < 1.29 is 50.7 Å². The Morgan fingerprint density at radius 3 is 1.19 bits per heavy atom. The standard InChI is InChI=1S/2C16H12N.2ClH.Hf/c2*1-17-14-9-5-4-8-13(14)16-12-7-3-2-6-11(12)10-15(16)17;;;/h2*2-10H,1H3;2*1H;/q2*-1;;;+4/p-2. The van der Waals surface area contributed by atoms with Crippen molar-refractivity contribution in [2.24, 2.45) is 14.1 Å². The zero-order valence-electron chi connectivity index (χ0n) is 20.5. The van der Waals surface area contributed by atoms with Gasteiger partial charge in [0.25, 0.3) is 0 Å². The fourth-order valence-electron chi connectivity index (χ4n) is 5.73. The van der Waals surface area contributed by atoms with E-state index in [1.54, 1.807) is 0 Å². The molecule has 8 rings (SSSR count). The minimum Gasteiger partial charge on any atom is -1.00 e. The number of rotatable bonds is 0. The summed E-state index contributed by atoms with van der Waals surface area (Å²) in [6.45, 7) is 0. The molecule has 0 radical (unpaired) electrons. The second-order valence-electron chi connectivity index (χ2n) is 9.14. The minimum absolute atomic E-state index is 0. The average Bonchev–Trinajstić information content (AvgIpc) is 3.60. The molecule has 180 valence electrons. The van der Waals surface area contributed by atoms with Crippen LogP contribution in [-0.2, 0) is 39.9 Å². The van der Waals surface area contributed by atoms with Crippen LogP contribution >= 0.6 is 0 Å². The predicted molar refractivity (Wildman–Crippen MR) is 147 cm³/mol. The Morgan fingerprint density at radius 2 is 0.784 bits per heavy atom. The van der Waals surface area contributed by atoms with Gasteiger partial charge in [-0.15, -0.1) is 70.1 Å². The first-order valence-electron chi connectivity index (χ1n) is 11.8. The smallest absolute Gasteiger partial charge is 1.00 e. The van der Waals surface area contributed by atoms with Gasteiger partial charge in [-0.3, -0.25) is 0 Å². The predicted octanol–water partition coefficient (Wildman–Crippen LogP) is 2.41. The van der Waals surface area contributed by atoms with Gasteiger partial charge >= 0.3 is 25.8 Å². The van der Waals surface area contributed by atoms with Gasteiger partial charge < -0.3 is 33.9 Å². The molecule has 6 aromatic carbocycles. The third kappa shape index (κ3) is 4.05. The van der Waals surface area contributed by atoms with Crippen molar-refractivity contribution in [3.05, 3.63) is 109 Å². The second-order valence-corrected chi connectivity index (χ2v) is 9.14. The summed E-state index contributed by atoms with van der Waals surface area (Å²) in [6.07, 6.45) is 0. The van der Waals surface area contributed by atoms with Crippen LogP contribution in [0.4, 0.5) is 0 Å². The van der Waals surface area contributed by atoms with Gasteiger partial charge in [0.05, 0.1) is 0 Å². The Kier molecular flexibility index (Phi) is 7.71. The van der Waals surface area contributed by atoms with Crippen LogP contribution in [0.2, 0.25) is 0 Å². The summed E-state index contributed by atoms with van der Waals surface area (Å²) in [6, 6.07) is 39.0. The van der Waals surface area contributed by atoms with Gasteiger partial charge in [0.15, 0.2) is 0 Å². The molecular formula is C32H24Cl2HfN2. The van der Waals surface area contributed by atoms with E-state index in [1.807, 2.05) is 0 Å². The SMILES string of the molecule is Cn1c2ccccc2c2c3ccccc3[cH-]c21.Cn1c2ccccc2c2c3ccccc3[cH-]c21.[Cl-].[Cl-].[Hf+4]. The van der Waals surface area contributed by atoms with Gasteiger partial charge in [0, 0.05) is 25.1 Å². The van der Waals surface area contributed by atoms with Gasteiger partial charge in [0.2, 0.25) is 0 Å². The van der Waals surface area contributed by atoms with Crippen LogP contribution < -0.4 is 24.8 Å². The molecule has 0 spiro atoms. The van der Waals surface area contributed by atoms with Crippen molar-refractivity contribution in [1.82, 2.24) is 9.13 Å². The summed E-state index contributed by atoms with van der Waals surface area (Å²) < 4.78 is 4.56. The van der Waals surface area contributed by atoms with E-state index < -0.39 is 0 Å². The first kappa shape index (κ1) is 27.2. The number of aromatic nitrogens is 2. The zero-order chi connectivity index (χ0) is 22.8. The Bertz CT molecular complexity index is 1860. The number of nitrogens with zero attached hydrogens (tertiary/aromatic N) is 2. The molecule has 0 amide bonds. The molecule has 0 fully saturated rings. The van der Waals surface area contributed by atoms with Gasteiger partial charge in [-0.1, -0.05) is 59.3 Å². The number of aryl methyl sites for hydroxylation is 2. The molecule has 0 unspecified atom stereocenters. The fraction of sp³-hybridized carbons (Fsp3) is 0.0625. The van der Waals surface area contributed by atoms with Gasteiger partial charge in [-0.05, 0) is 33.9 Å². The van der Waals surface area contributed by atoms with Crippen LogP contribution in [0.1, 0.15) is 0 Å². The fourth-order valence-corrected chi connectivity index (χ4v) is 5.73. The molecule has 2 nitrogen and oxygen atoms in total. The number of para-hydroxylation sites is 2. The molecule has 0 N–H and O–H groups in total. The number of fused-ring (bicyclic) bond motifs is 10. The summed E-state index contributed by atoms with van der Waals surface area (Å²) in [5.41, 5.74) is 5.27. The molecule has 0 bridgehead atoms. The first-order chi connectivity index (χ1) is 16.7. The molecule has 2 aromatic heterocycles. The van der Waals surface area contributed by atoms with Crippen molar-refractivity contribution in [1.29, 1.82) is 0 Å². The van der Waals surface area contributed by atoms with Crippen molar-refractivity contribution >= 4 is 65.2 Å². The van der Waals surface area contributed by atoms with Gasteiger partial charge in [-0.2, -0.15) is 0 Å². The molecule has 0 aliphatic heterocycles. The molecule has 5 heteroatoms. The molecule has 2 heterocycles. The number of benzene rings is 4. The minimum atomic E-state index is 0. The normalized spacial score (nSPS) is 10.9. The summed E-state index contributed by atoms with van der Waals surface area (Å²) in [5.74, 6) is 0. The monoisotopic (exact) mass is 686 g/mol. The van der Waals surface area contributed by atoms with E-state index in [0.717, 1.165) is 0 Å². The van der Waals surface area contributed by atoms with Crippen LogP contribution in [0.25, 0.3) is 65.2 Å². The van der Waals surface area contributed by atoms with Gasteiger partial charge in [-0.25, -0.2) is 0 Å². The maximum atomic E-state index is 2.28. The van der Waals surface area contributed by atoms with Gasteiger partial charge in [0.1, 0.15) is 0 Å². The Balaban J connectivity index is 0.000000160. The first-order valence-corrected chi connectivity index (χ1v) is 11.8. The average molecular weight is 686 g/mol. The topological polar surface area (TPSA) is 9.86 Å². The second kappa shape index (κ2) is 10.5. The quantitative estimate of drug-likeness (QED) is 0.172. The van der Waals surface area contributed by atoms with Crippen molar-refractivity contribution in [2.45, 2.75) is 0 Å². The molecule has 0 saturated heterocycles. The Hall–Kier alpha value is -2.85. The largest absolute Gasteiger partial charge is 4.00 e. The van der Waals surface area contributed by atoms with Crippen molar-refractivity contribution in [3.8, 4) is 0 Å². The Labute approximate surface area is 246 Å². The summed E-state index contributed by atoms with van der Waals surface area (Å²) in [4.78, 5) is 0. The number of hydrogen-bond donors (Lipinski definition) is 0. The summed E-state index contributed by atoms with van der Waals surface area (Å²) >= 11 is 0. The molecule has 8 aromatic rings. The number of halogens is 2. The van der Waals surface area contributed by atoms with E-state index in [-0.39, 0.29) is 50.7 Å². The molecule has 0 saturated carbocycles. The summed E-state index contributed by atoms with van der Waals surface area (Å²) in [5, 5.41) is 10.9. The van der Waals surface area contributed by atoms with Crippen molar-refractivity contribution in [3.63, 3.8) is 0 Å². The molecule has 0 aliphatic rings. The molecular weight excluding hydrogens is 662 g/mol. The maximum absolute atomic E-state index is 2.28. The van der Waals surface area contributed by atoms with Crippen LogP contribution in [0.3, 0.4) is 0 Å². The van der Waals surface area contributed by atoms with E-state index >= 15 is 0 Å². The number of hydrogen-bond acceptors (Lipinski definition) is 0. The van der Waals surface area contributed by atoms with E-state index in [4.69, 9.17) is 0 Å². The van der Waals surface area contributed by atoms with Crippen LogP contribution in [-0.4, -0.2) is 9.13 Å². The van der Waals surface area contributed by atoms with Crippen LogP contribution in [0, 0.1) is 0 Å². The van der Waals surface area contributed by atoms with Crippen LogP contribution in [0.15, 0.2) is 109 Å². The van der Waals surface area contributed by atoms with Crippen LogP contribution in [0.5, 0.6) is 0 Å². The third-order valence-electron chi connectivity index (χ3n) is 7.35. The van der Waals surface area contributed by atoms with Crippen molar-refractivity contribution in [2.75, 3.05) is 0 Å². The van der Waals surface area contributed by atoms with E-state index in [2.05, 4.69) is 132 Å². The summed E-state index contributed by atoms with van der Waals surface area (Å²) in [7, 11) is 4.28.